The molecule has 2 rings (SSSR count). The number of aromatic nitrogens is 2. The molecule has 1 aromatic carbocycles. The summed E-state index contributed by atoms with van der Waals surface area (Å²) in [6, 6.07) is 10.7. The van der Waals surface area contributed by atoms with Crippen LogP contribution >= 0.6 is 11.3 Å². The van der Waals surface area contributed by atoms with Crippen LogP contribution in [0, 0.1) is 11.8 Å². The Labute approximate surface area is 131 Å². The number of nitrogens with zero attached hydrogens (tertiary/aromatic N) is 2. The fourth-order valence-corrected chi connectivity index (χ4v) is 3.35. The molecule has 0 saturated heterocycles. The van der Waals surface area contributed by atoms with E-state index < -0.39 is 0 Å². The van der Waals surface area contributed by atoms with Crippen molar-refractivity contribution in [3.63, 3.8) is 0 Å². The van der Waals surface area contributed by atoms with Crippen LogP contribution in [-0.4, -0.2) is 16.7 Å². The van der Waals surface area contributed by atoms with Gasteiger partial charge >= 0.3 is 0 Å². The van der Waals surface area contributed by atoms with E-state index in [0.717, 1.165) is 23.1 Å². The van der Waals surface area contributed by atoms with Gasteiger partial charge in [0, 0.05) is 18.9 Å². The molecule has 1 atom stereocenters. The minimum absolute atomic E-state index is 0.489. The maximum atomic E-state index is 4.26. The molecule has 3 nitrogen and oxygen atoms in total. The van der Waals surface area contributed by atoms with E-state index in [2.05, 4.69) is 73.5 Å². The zero-order valence-electron chi connectivity index (χ0n) is 13.3. The van der Waals surface area contributed by atoms with E-state index in [4.69, 9.17) is 0 Å². The van der Waals surface area contributed by atoms with Crippen molar-refractivity contribution in [2.75, 3.05) is 11.9 Å². The topological polar surface area (TPSA) is 37.8 Å². The Morgan fingerprint density at radius 3 is 2.38 bits per heavy atom. The third kappa shape index (κ3) is 4.81. The Bertz CT molecular complexity index is 534. The standard InChI is InChI=1S/C17H25N3S/c1-12(2)10-16-19-20-17(21-16)18-11-15(13(3)4)14-8-6-5-7-9-14/h5-9,12-13,15H,10-11H2,1-4H3,(H,18,20). The van der Waals surface area contributed by atoms with Crippen LogP contribution in [0.15, 0.2) is 30.3 Å². The van der Waals surface area contributed by atoms with Crippen molar-refractivity contribution >= 4 is 16.5 Å². The van der Waals surface area contributed by atoms with Gasteiger partial charge in [-0.3, -0.25) is 0 Å². The molecule has 21 heavy (non-hydrogen) atoms. The Morgan fingerprint density at radius 1 is 1.05 bits per heavy atom. The van der Waals surface area contributed by atoms with Gasteiger partial charge in [0.05, 0.1) is 0 Å². The van der Waals surface area contributed by atoms with Crippen molar-refractivity contribution in [1.82, 2.24) is 10.2 Å². The highest BCUT2D eigenvalue weighted by molar-refractivity contribution is 7.15. The first-order valence-electron chi connectivity index (χ1n) is 7.67. The van der Waals surface area contributed by atoms with Gasteiger partial charge in [-0.15, -0.1) is 10.2 Å². The Morgan fingerprint density at radius 2 is 1.76 bits per heavy atom. The van der Waals surface area contributed by atoms with E-state index in [1.165, 1.54) is 5.56 Å². The van der Waals surface area contributed by atoms with Crippen LogP contribution in [0.25, 0.3) is 0 Å². The minimum atomic E-state index is 0.489. The van der Waals surface area contributed by atoms with Crippen LogP contribution in [0.3, 0.4) is 0 Å². The smallest absolute Gasteiger partial charge is 0.205 e. The van der Waals surface area contributed by atoms with Crippen LogP contribution in [0.2, 0.25) is 0 Å². The lowest BCUT2D eigenvalue weighted by Gasteiger charge is -2.21. The fraction of sp³-hybridized carbons (Fsp3) is 0.529. The molecule has 1 unspecified atom stereocenters. The van der Waals surface area contributed by atoms with E-state index in [-0.39, 0.29) is 0 Å². The number of nitrogens with one attached hydrogen (secondary N) is 1. The molecule has 0 aliphatic heterocycles. The van der Waals surface area contributed by atoms with Gasteiger partial charge in [-0.25, -0.2) is 0 Å². The van der Waals surface area contributed by atoms with Crippen molar-refractivity contribution in [3.8, 4) is 0 Å². The van der Waals surface area contributed by atoms with E-state index >= 15 is 0 Å². The van der Waals surface area contributed by atoms with Crippen LogP contribution in [0.4, 0.5) is 5.13 Å². The molecule has 0 aliphatic rings. The summed E-state index contributed by atoms with van der Waals surface area (Å²) in [5.41, 5.74) is 1.38. The van der Waals surface area contributed by atoms with Crippen LogP contribution in [0.5, 0.6) is 0 Å². The molecular formula is C17H25N3S. The molecule has 1 aromatic heterocycles. The first kappa shape index (κ1) is 16.0. The minimum Gasteiger partial charge on any atom is -0.359 e. The van der Waals surface area contributed by atoms with Gasteiger partial charge in [0.25, 0.3) is 0 Å². The first-order chi connectivity index (χ1) is 10.1. The lowest BCUT2D eigenvalue weighted by atomic mass is 9.88. The third-order valence-corrected chi connectivity index (χ3v) is 4.46. The second-order valence-electron chi connectivity index (χ2n) is 6.24. The largest absolute Gasteiger partial charge is 0.359 e. The quantitative estimate of drug-likeness (QED) is 0.813. The van der Waals surface area contributed by atoms with Crippen LogP contribution in [-0.2, 0) is 6.42 Å². The van der Waals surface area contributed by atoms with Crippen molar-refractivity contribution in [2.24, 2.45) is 11.8 Å². The van der Waals surface area contributed by atoms with Crippen molar-refractivity contribution in [1.29, 1.82) is 0 Å². The maximum absolute atomic E-state index is 4.26. The molecular weight excluding hydrogens is 278 g/mol. The summed E-state index contributed by atoms with van der Waals surface area (Å²) < 4.78 is 0. The lowest BCUT2D eigenvalue weighted by Crippen LogP contribution is -2.17. The number of hydrogen-bond donors (Lipinski definition) is 1. The van der Waals surface area contributed by atoms with E-state index in [1.54, 1.807) is 11.3 Å². The molecule has 0 aliphatic carbocycles. The summed E-state index contributed by atoms with van der Waals surface area (Å²) in [4.78, 5) is 0. The SMILES string of the molecule is CC(C)Cc1nnc(NCC(c2ccccc2)C(C)C)s1. The van der Waals surface area contributed by atoms with E-state index in [1.807, 2.05) is 0 Å². The molecule has 0 bridgehead atoms. The molecule has 114 valence electrons. The lowest BCUT2D eigenvalue weighted by molar-refractivity contribution is 0.517. The second kappa shape index (κ2) is 7.55. The summed E-state index contributed by atoms with van der Waals surface area (Å²) in [7, 11) is 0. The molecule has 4 heteroatoms. The average Bonchev–Trinajstić information content (AvgIpc) is 2.86. The van der Waals surface area contributed by atoms with Gasteiger partial charge in [-0.1, -0.05) is 69.4 Å². The average molecular weight is 303 g/mol. The third-order valence-electron chi connectivity index (χ3n) is 3.56. The van der Waals surface area contributed by atoms with Gasteiger partial charge in [-0.05, 0) is 17.4 Å². The molecule has 2 aromatic rings. The van der Waals surface area contributed by atoms with Crippen molar-refractivity contribution < 1.29 is 0 Å². The van der Waals surface area contributed by atoms with Crippen molar-refractivity contribution in [3.05, 3.63) is 40.9 Å². The summed E-state index contributed by atoms with van der Waals surface area (Å²) in [6.07, 6.45) is 1.01. The van der Waals surface area contributed by atoms with Crippen LogP contribution in [0.1, 0.15) is 44.2 Å². The molecule has 0 spiro atoms. The monoisotopic (exact) mass is 303 g/mol. The Kier molecular flexibility index (Phi) is 5.74. The predicted molar refractivity (Wildman–Crippen MR) is 91.0 cm³/mol. The predicted octanol–water partition coefficient (Wildman–Crippen LogP) is 4.59. The van der Waals surface area contributed by atoms with Gasteiger partial charge < -0.3 is 5.32 Å². The molecule has 1 heterocycles. The molecule has 0 radical (unpaired) electrons. The first-order valence-corrected chi connectivity index (χ1v) is 8.49. The summed E-state index contributed by atoms with van der Waals surface area (Å²) >= 11 is 1.68. The highest BCUT2D eigenvalue weighted by atomic mass is 32.1. The highest BCUT2D eigenvalue weighted by Crippen LogP contribution is 2.26. The van der Waals surface area contributed by atoms with Crippen molar-refractivity contribution in [2.45, 2.75) is 40.0 Å². The zero-order valence-corrected chi connectivity index (χ0v) is 14.2. The molecule has 0 amide bonds. The second-order valence-corrected chi connectivity index (χ2v) is 7.30. The van der Waals surface area contributed by atoms with Gasteiger partial charge in [0.2, 0.25) is 5.13 Å². The highest BCUT2D eigenvalue weighted by Gasteiger charge is 2.16. The number of rotatable bonds is 7. The van der Waals surface area contributed by atoms with E-state index in [9.17, 15) is 0 Å². The fourth-order valence-electron chi connectivity index (χ4n) is 2.39. The van der Waals surface area contributed by atoms with E-state index in [0.29, 0.717) is 17.8 Å². The zero-order chi connectivity index (χ0) is 15.2. The van der Waals surface area contributed by atoms with Gasteiger partial charge in [0.15, 0.2) is 0 Å². The maximum Gasteiger partial charge on any atom is 0.205 e. The summed E-state index contributed by atoms with van der Waals surface area (Å²) in [5, 5.41) is 14.0. The number of hydrogen-bond acceptors (Lipinski definition) is 4. The van der Waals surface area contributed by atoms with Gasteiger partial charge in [0.1, 0.15) is 5.01 Å². The van der Waals surface area contributed by atoms with Gasteiger partial charge in [-0.2, -0.15) is 0 Å². The summed E-state index contributed by atoms with van der Waals surface area (Å²) in [5.74, 6) is 1.70. The summed E-state index contributed by atoms with van der Waals surface area (Å²) in [6.45, 7) is 9.85. The Balaban J connectivity index is 1.98. The molecule has 1 N–H and O–H groups in total. The molecule has 0 fully saturated rings. The number of benzene rings is 1. The molecule has 0 saturated carbocycles. The Hall–Kier alpha value is -1.42. The number of anilines is 1. The normalized spacial score (nSPS) is 12.9. The van der Waals surface area contributed by atoms with Crippen LogP contribution < -0.4 is 5.32 Å².